The van der Waals surface area contributed by atoms with Gasteiger partial charge in [-0.1, -0.05) is 11.6 Å². The summed E-state index contributed by atoms with van der Waals surface area (Å²) >= 11 is 5.90. The summed E-state index contributed by atoms with van der Waals surface area (Å²) in [5, 5.41) is 0.502. The number of rotatable bonds is 5. The molecule has 0 atom stereocenters. The van der Waals surface area contributed by atoms with Gasteiger partial charge in [-0.05, 0) is 31.0 Å². The highest BCUT2D eigenvalue weighted by molar-refractivity contribution is 6.30. The second-order valence-electron chi connectivity index (χ2n) is 6.01. The number of esters is 1. The summed E-state index contributed by atoms with van der Waals surface area (Å²) in [5.41, 5.74) is 0.368. The van der Waals surface area contributed by atoms with Gasteiger partial charge in [-0.3, -0.25) is 9.69 Å². The summed E-state index contributed by atoms with van der Waals surface area (Å²) in [6.07, 6.45) is 1.27. The highest BCUT2D eigenvalue weighted by atomic mass is 35.5. The van der Waals surface area contributed by atoms with E-state index in [0.717, 1.165) is 13.1 Å². The van der Waals surface area contributed by atoms with Crippen LogP contribution in [0.15, 0.2) is 18.2 Å². The molecule has 0 aromatic heterocycles. The Morgan fingerprint density at radius 2 is 1.96 bits per heavy atom. The Morgan fingerprint density at radius 3 is 2.54 bits per heavy atom. The number of benzene rings is 1. The van der Waals surface area contributed by atoms with E-state index in [-0.39, 0.29) is 12.0 Å². The first-order valence-electron chi connectivity index (χ1n) is 7.87. The predicted octanol–water partition coefficient (Wildman–Crippen LogP) is 2.06. The van der Waals surface area contributed by atoms with Crippen molar-refractivity contribution in [2.24, 2.45) is 0 Å². The van der Waals surface area contributed by atoms with Crippen molar-refractivity contribution in [3.05, 3.63) is 28.8 Å². The number of hydrogen-bond donors (Lipinski definition) is 0. The topological polar surface area (TPSA) is 59.1 Å². The summed E-state index contributed by atoms with van der Waals surface area (Å²) in [7, 11) is 4.98. The Balaban J connectivity index is 1.88. The number of methoxy groups -OCH3 is 1. The van der Waals surface area contributed by atoms with Gasteiger partial charge in [-0.2, -0.15) is 0 Å². The molecule has 0 spiro atoms. The van der Waals surface area contributed by atoms with Gasteiger partial charge < -0.3 is 14.4 Å². The molecule has 0 bridgehead atoms. The van der Waals surface area contributed by atoms with E-state index in [4.69, 9.17) is 21.1 Å². The average molecular weight is 355 g/mol. The molecule has 24 heavy (non-hydrogen) atoms. The van der Waals surface area contributed by atoms with Gasteiger partial charge in [-0.15, -0.1) is 0 Å². The maximum atomic E-state index is 12.3. The molecule has 6 nitrogen and oxygen atoms in total. The highest BCUT2D eigenvalue weighted by Crippen LogP contribution is 2.25. The lowest BCUT2D eigenvalue weighted by Crippen LogP contribution is -2.43. The number of carbonyl (C=O) groups is 2. The number of piperidine rings is 1. The zero-order chi connectivity index (χ0) is 17.7. The van der Waals surface area contributed by atoms with E-state index in [1.165, 1.54) is 7.11 Å². The number of hydrogen-bond acceptors (Lipinski definition) is 5. The van der Waals surface area contributed by atoms with Gasteiger partial charge in [0.1, 0.15) is 17.4 Å². The van der Waals surface area contributed by atoms with Crippen molar-refractivity contribution in [1.29, 1.82) is 0 Å². The van der Waals surface area contributed by atoms with Crippen molar-refractivity contribution in [1.82, 2.24) is 9.80 Å². The summed E-state index contributed by atoms with van der Waals surface area (Å²) in [6.45, 7) is 1.86. The van der Waals surface area contributed by atoms with Crippen LogP contribution < -0.4 is 4.74 Å². The maximum Gasteiger partial charge on any atom is 0.342 e. The molecule has 1 aromatic carbocycles. The van der Waals surface area contributed by atoms with Crippen LogP contribution in [-0.4, -0.2) is 68.6 Å². The van der Waals surface area contributed by atoms with E-state index in [1.807, 2.05) is 0 Å². The monoisotopic (exact) mass is 354 g/mol. The molecule has 1 saturated heterocycles. The van der Waals surface area contributed by atoms with Crippen LogP contribution in [0.5, 0.6) is 5.75 Å². The minimum absolute atomic E-state index is 0.0799. The second-order valence-corrected chi connectivity index (χ2v) is 6.45. The molecule has 7 heteroatoms. The Morgan fingerprint density at radius 1 is 1.29 bits per heavy atom. The molecular weight excluding hydrogens is 332 g/mol. The zero-order valence-corrected chi connectivity index (χ0v) is 15.0. The fourth-order valence-corrected chi connectivity index (χ4v) is 2.73. The molecule has 0 aliphatic carbocycles. The molecule has 0 radical (unpaired) electrons. The minimum Gasteiger partial charge on any atom is -0.496 e. The fourth-order valence-electron chi connectivity index (χ4n) is 2.57. The Bertz CT molecular complexity index is 598. The molecule has 0 N–H and O–H groups in total. The van der Waals surface area contributed by atoms with Crippen molar-refractivity contribution in [2.45, 2.75) is 18.9 Å². The lowest BCUT2D eigenvalue weighted by Gasteiger charge is -2.31. The van der Waals surface area contributed by atoms with E-state index in [1.54, 1.807) is 37.2 Å². The minimum atomic E-state index is -0.411. The molecule has 132 valence electrons. The first-order chi connectivity index (χ1) is 11.4. The third kappa shape index (κ3) is 4.85. The van der Waals surface area contributed by atoms with Crippen LogP contribution in [0.4, 0.5) is 0 Å². The first-order valence-corrected chi connectivity index (χ1v) is 8.25. The van der Waals surface area contributed by atoms with Gasteiger partial charge in [-0.25, -0.2) is 4.79 Å². The van der Waals surface area contributed by atoms with Crippen molar-refractivity contribution >= 4 is 23.5 Å². The average Bonchev–Trinajstić information content (AvgIpc) is 2.56. The molecule has 0 unspecified atom stereocenters. The standard InChI is InChI=1S/C17H23ClN2O4/c1-19(2)16(21)11-20-8-6-13(7-9-20)24-17(22)14-5-4-12(18)10-15(14)23-3/h4-5,10,13H,6-9,11H2,1-3H3. The van der Waals surface area contributed by atoms with Crippen molar-refractivity contribution < 1.29 is 19.1 Å². The van der Waals surface area contributed by atoms with Gasteiger partial charge in [0, 0.05) is 32.2 Å². The van der Waals surface area contributed by atoms with Crippen molar-refractivity contribution in [2.75, 3.05) is 40.8 Å². The predicted molar refractivity (Wildman–Crippen MR) is 91.6 cm³/mol. The maximum absolute atomic E-state index is 12.3. The van der Waals surface area contributed by atoms with E-state index in [2.05, 4.69) is 4.90 Å². The van der Waals surface area contributed by atoms with Crippen LogP contribution in [-0.2, 0) is 9.53 Å². The van der Waals surface area contributed by atoms with E-state index in [9.17, 15) is 9.59 Å². The van der Waals surface area contributed by atoms with Crippen molar-refractivity contribution in [3.63, 3.8) is 0 Å². The third-order valence-electron chi connectivity index (χ3n) is 4.05. The third-order valence-corrected chi connectivity index (χ3v) is 4.28. The molecular formula is C17H23ClN2O4. The Kier molecular flexibility index (Phi) is 6.45. The number of halogens is 1. The largest absolute Gasteiger partial charge is 0.496 e. The summed E-state index contributed by atoms with van der Waals surface area (Å²) in [5.74, 6) is 0.0733. The van der Waals surface area contributed by atoms with E-state index >= 15 is 0 Å². The molecule has 2 rings (SSSR count). The van der Waals surface area contributed by atoms with Gasteiger partial charge in [0.05, 0.1) is 13.7 Å². The first kappa shape index (κ1) is 18.5. The van der Waals surface area contributed by atoms with Crippen LogP contribution in [0.2, 0.25) is 5.02 Å². The molecule has 1 aromatic rings. The Labute approximate surface area is 147 Å². The van der Waals surface area contributed by atoms with Crippen LogP contribution in [0.3, 0.4) is 0 Å². The van der Waals surface area contributed by atoms with Gasteiger partial charge in [0.25, 0.3) is 0 Å². The molecule has 1 heterocycles. The molecule has 1 aliphatic heterocycles. The van der Waals surface area contributed by atoms with Gasteiger partial charge >= 0.3 is 5.97 Å². The van der Waals surface area contributed by atoms with Crippen molar-refractivity contribution in [3.8, 4) is 5.75 Å². The number of nitrogens with zero attached hydrogens (tertiary/aromatic N) is 2. The molecule has 1 amide bonds. The van der Waals surface area contributed by atoms with Crippen LogP contribution >= 0.6 is 11.6 Å². The summed E-state index contributed by atoms with van der Waals surface area (Å²) < 4.78 is 10.8. The molecule has 0 saturated carbocycles. The highest BCUT2D eigenvalue weighted by Gasteiger charge is 2.25. The van der Waals surface area contributed by atoms with Crippen LogP contribution in [0, 0.1) is 0 Å². The number of likely N-dealkylation sites (N-methyl/N-ethyl adjacent to an activating group) is 1. The van der Waals surface area contributed by atoms with Gasteiger partial charge in [0.2, 0.25) is 5.91 Å². The zero-order valence-electron chi connectivity index (χ0n) is 14.3. The quantitative estimate of drug-likeness (QED) is 0.757. The lowest BCUT2D eigenvalue weighted by atomic mass is 10.1. The van der Waals surface area contributed by atoms with Crippen LogP contribution in [0.1, 0.15) is 23.2 Å². The Hall–Kier alpha value is -1.79. The molecule has 1 fully saturated rings. The van der Waals surface area contributed by atoms with E-state index in [0.29, 0.717) is 35.7 Å². The lowest BCUT2D eigenvalue weighted by molar-refractivity contribution is -0.130. The summed E-state index contributed by atoms with van der Waals surface area (Å²) in [4.78, 5) is 27.7. The van der Waals surface area contributed by atoms with Crippen LogP contribution in [0.25, 0.3) is 0 Å². The second kappa shape index (κ2) is 8.35. The smallest absolute Gasteiger partial charge is 0.342 e. The van der Waals surface area contributed by atoms with Gasteiger partial charge in [0.15, 0.2) is 0 Å². The number of carbonyl (C=O) groups excluding carboxylic acids is 2. The number of amides is 1. The normalized spacial score (nSPS) is 15.8. The number of ether oxygens (including phenoxy) is 2. The summed E-state index contributed by atoms with van der Waals surface area (Å²) in [6, 6.07) is 4.83. The molecule has 1 aliphatic rings. The fraction of sp³-hybridized carbons (Fsp3) is 0.529. The van der Waals surface area contributed by atoms with E-state index < -0.39 is 5.97 Å². The number of likely N-dealkylation sites (tertiary alicyclic amines) is 1. The SMILES string of the molecule is COc1cc(Cl)ccc1C(=O)OC1CCN(CC(=O)N(C)C)CC1.